The highest BCUT2D eigenvalue weighted by molar-refractivity contribution is 5.20. The first-order valence-electron chi connectivity index (χ1n) is 5.53. The van der Waals surface area contributed by atoms with Crippen LogP contribution in [0.1, 0.15) is 12.8 Å². The molecule has 2 rings (SSSR count). The highest BCUT2D eigenvalue weighted by atomic mass is 19.4. The fraction of sp³-hybridized carbons (Fsp3) is 0.500. The minimum absolute atomic E-state index is 0.168. The Morgan fingerprint density at radius 3 is 2.35 bits per heavy atom. The van der Waals surface area contributed by atoms with Gasteiger partial charge in [-0.15, -0.1) is 0 Å². The molecule has 94 valence electrons. The standard InChI is InChI=1S/C12H14F3NO/c13-12(14,15)11(6-7-11)16-8-9-17-10-4-2-1-3-5-10/h1-5,16H,6-9H2. The molecule has 0 amide bonds. The van der Waals surface area contributed by atoms with E-state index in [1.807, 2.05) is 18.2 Å². The summed E-state index contributed by atoms with van der Waals surface area (Å²) in [4.78, 5) is 0. The summed E-state index contributed by atoms with van der Waals surface area (Å²) in [5.41, 5.74) is -1.65. The van der Waals surface area contributed by atoms with Crippen LogP contribution in [0.25, 0.3) is 0 Å². The fourth-order valence-corrected chi connectivity index (χ4v) is 1.66. The second-order valence-corrected chi connectivity index (χ2v) is 4.17. The van der Waals surface area contributed by atoms with Crippen molar-refractivity contribution in [3.8, 4) is 5.75 Å². The number of hydrogen-bond donors (Lipinski definition) is 1. The maximum atomic E-state index is 12.5. The Morgan fingerprint density at radius 2 is 1.82 bits per heavy atom. The number of alkyl halides is 3. The zero-order valence-corrected chi connectivity index (χ0v) is 9.26. The third-order valence-corrected chi connectivity index (χ3v) is 2.87. The molecule has 0 heterocycles. The van der Waals surface area contributed by atoms with Gasteiger partial charge in [0.05, 0.1) is 0 Å². The summed E-state index contributed by atoms with van der Waals surface area (Å²) < 4.78 is 42.9. The molecule has 0 bridgehead atoms. The Balaban J connectivity index is 1.71. The predicted molar refractivity (Wildman–Crippen MR) is 58.0 cm³/mol. The van der Waals surface area contributed by atoms with Gasteiger partial charge in [0.15, 0.2) is 0 Å². The molecule has 0 aromatic heterocycles. The Bertz CT molecular complexity index is 360. The zero-order chi connectivity index (χ0) is 12.4. The average molecular weight is 245 g/mol. The third kappa shape index (κ3) is 2.91. The van der Waals surface area contributed by atoms with Crippen molar-refractivity contribution in [1.29, 1.82) is 0 Å². The van der Waals surface area contributed by atoms with E-state index in [1.54, 1.807) is 12.1 Å². The van der Waals surface area contributed by atoms with Crippen molar-refractivity contribution in [3.05, 3.63) is 30.3 Å². The maximum Gasteiger partial charge on any atom is 0.406 e. The summed E-state index contributed by atoms with van der Waals surface area (Å²) in [5.74, 6) is 0.672. The highest BCUT2D eigenvalue weighted by Crippen LogP contribution is 2.48. The van der Waals surface area contributed by atoms with Crippen LogP contribution in [0, 0.1) is 0 Å². The van der Waals surface area contributed by atoms with E-state index >= 15 is 0 Å². The lowest BCUT2D eigenvalue weighted by atomic mass is 10.2. The van der Waals surface area contributed by atoms with Crippen LogP contribution in [0.4, 0.5) is 13.2 Å². The number of ether oxygens (including phenoxy) is 1. The lowest BCUT2D eigenvalue weighted by Crippen LogP contribution is -2.46. The van der Waals surface area contributed by atoms with Gasteiger partial charge in [-0.3, -0.25) is 0 Å². The molecule has 0 radical (unpaired) electrons. The number of nitrogens with one attached hydrogen (secondary N) is 1. The van der Waals surface area contributed by atoms with Gasteiger partial charge in [0, 0.05) is 6.54 Å². The summed E-state index contributed by atoms with van der Waals surface area (Å²) in [5, 5.41) is 2.53. The Labute approximate surface area is 97.8 Å². The molecule has 1 aliphatic carbocycles. The molecule has 1 aliphatic rings. The van der Waals surface area contributed by atoms with Crippen molar-refractivity contribution in [1.82, 2.24) is 5.32 Å². The number of halogens is 3. The van der Waals surface area contributed by atoms with Crippen LogP contribution in [0.2, 0.25) is 0 Å². The molecular formula is C12H14F3NO. The van der Waals surface area contributed by atoms with Crippen LogP contribution in [0.3, 0.4) is 0 Å². The molecule has 2 nitrogen and oxygen atoms in total. The first kappa shape index (κ1) is 12.2. The van der Waals surface area contributed by atoms with Gasteiger partial charge in [-0.2, -0.15) is 13.2 Å². The molecule has 0 unspecified atom stereocenters. The maximum absolute atomic E-state index is 12.5. The molecule has 17 heavy (non-hydrogen) atoms. The summed E-state index contributed by atoms with van der Waals surface area (Å²) in [6.45, 7) is 0.441. The summed E-state index contributed by atoms with van der Waals surface area (Å²) in [6.07, 6.45) is -3.82. The van der Waals surface area contributed by atoms with Gasteiger partial charge in [0.1, 0.15) is 17.9 Å². The topological polar surface area (TPSA) is 21.3 Å². The summed E-state index contributed by atoms with van der Waals surface area (Å²) in [6, 6.07) is 9.04. The van der Waals surface area contributed by atoms with Crippen LogP contribution in [-0.2, 0) is 0 Å². The lowest BCUT2D eigenvalue weighted by Gasteiger charge is -2.20. The fourth-order valence-electron chi connectivity index (χ4n) is 1.66. The van der Waals surface area contributed by atoms with Gasteiger partial charge >= 0.3 is 6.18 Å². The van der Waals surface area contributed by atoms with Crippen molar-refractivity contribution in [2.45, 2.75) is 24.6 Å². The second kappa shape index (κ2) is 4.56. The van der Waals surface area contributed by atoms with Crippen LogP contribution < -0.4 is 10.1 Å². The lowest BCUT2D eigenvalue weighted by molar-refractivity contribution is -0.165. The van der Waals surface area contributed by atoms with Gasteiger partial charge in [-0.1, -0.05) is 18.2 Å². The highest BCUT2D eigenvalue weighted by Gasteiger charge is 2.62. The smallest absolute Gasteiger partial charge is 0.406 e. The number of rotatable bonds is 5. The molecule has 0 spiro atoms. The minimum Gasteiger partial charge on any atom is -0.492 e. The van der Waals surface area contributed by atoms with Crippen LogP contribution in [0.5, 0.6) is 5.75 Å². The number of benzene rings is 1. The summed E-state index contributed by atoms with van der Waals surface area (Å²) in [7, 11) is 0. The molecule has 0 aliphatic heterocycles. The van der Waals surface area contributed by atoms with E-state index in [-0.39, 0.29) is 26.0 Å². The van der Waals surface area contributed by atoms with E-state index in [1.165, 1.54) is 0 Å². The Hall–Kier alpha value is -1.23. The molecule has 0 atom stereocenters. The second-order valence-electron chi connectivity index (χ2n) is 4.17. The molecule has 1 aromatic rings. The van der Waals surface area contributed by atoms with Crippen molar-refractivity contribution in [2.75, 3.05) is 13.2 Å². The molecule has 1 saturated carbocycles. The molecule has 0 saturated heterocycles. The van der Waals surface area contributed by atoms with Crippen LogP contribution in [0.15, 0.2) is 30.3 Å². The summed E-state index contributed by atoms with van der Waals surface area (Å²) >= 11 is 0. The molecule has 5 heteroatoms. The Morgan fingerprint density at radius 1 is 1.18 bits per heavy atom. The van der Waals surface area contributed by atoms with E-state index < -0.39 is 11.7 Å². The normalized spacial score (nSPS) is 17.8. The van der Waals surface area contributed by atoms with E-state index in [0.717, 1.165) is 0 Å². The molecule has 1 N–H and O–H groups in total. The minimum atomic E-state index is -4.15. The van der Waals surface area contributed by atoms with E-state index in [4.69, 9.17) is 4.74 Å². The van der Waals surface area contributed by atoms with Gasteiger partial charge in [0.25, 0.3) is 0 Å². The third-order valence-electron chi connectivity index (χ3n) is 2.87. The largest absolute Gasteiger partial charge is 0.492 e. The Kier molecular flexibility index (Phi) is 3.28. The predicted octanol–water partition coefficient (Wildman–Crippen LogP) is 2.75. The van der Waals surface area contributed by atoms with Gasteiger partial charge in [-0.05, 0) is 25.0 Å². The van der Waals surface area contributed by atoms with Crippen LogP contribution in [-0.4, -0.2) is 24.9 Å². The van der Waals surface area contributed by atoms with E-state index in [0.29, 0.717) is 5.75 Å². The van der Waals surface area contributed by atoms with Crippen molar-refractivity contribution in [2.24, 2.45) is 0 Å². The van der Waals surface area contributed by atoms with Crippen molar-refractivity contribution >= 4 is 0 Å². The van der Waals surface area contributed by atoms with Gasteiger partial charge in [-0.25, -0.2) is 0 Å². The zero-order valence-electron chi connectivity index (χ0n) is 9.26. The molecule has 1 fully saturated rings. The SMILES string of the molecule is FC(F)(F)C1(NCCOc2ccccc2)CC1. The van der Waals surface area contributed by atoms with Crippen LogP contribution >= 0.6 is 0 Å². The first-order chi connectivity index (χ1) is 8.04. The van der Waals surface area contributed by atoms with E-state index in [9.17, 15) is 13.2 Å². The molecular weight excluding hydrogens is 231 g/mol. The van der Waals surface area contributed by atoms with Crippen molar-refractivity contribution in [3.63, 3.8) is 0 Å². The first-order valence-corrected chi connectivity index (χ1v) is 5.53. The number of para-hydroxylation sites is 1. The number of hydrogen-bond acceptors (Lipinski definition) is 2. The average Bonchev–Trinajstić information content (AvgIpc) is 3.06. The van der Waals surface area contributed by atoms with E-state index in [2.05, 4.69) is 5.32 Å². The quantitative estimate of drug-likeness (QED) is 0.805. The van der Waals surface area contributed by atoms with Gasteiger partial charge < -0.3 is 10.1 Å². The van der Waals surface area contributed by atoms with Gasteiger partial charge in [0.2, 0.25) is 0 Å². The monoisotopic (exact) mass is 245 g/mol. The van der Waals surface area contributed by atoms with Crippen molar-refractivity contribution < 1.29 is 17.9 Å². The molecule has 1 aromatic carbocycles.